The lowest BCUT2D eigenvalue weighted by Gasteiger charge is -2.20. The van der Waals surface area contributed by atoms with Crippen molar-refractivity contribution < 1.29 is 9.84 Å². The Kier molecular flexibility index (Phi) is 4.23. The summed E-state index contributed by atoms with van der Waals surface area (Å²) in [7, 11) is 0. The zero-order valence-electron chi connectivity index (χ0n) is 11.3. The van der Waals surface area contributed by atoms with Crippen molar-refractivity contribution in [3.8, 4) is 5.75 Å². The van der Waals surface area contributed by atoms with E-state index in [1.807, 2.05) is 24.3 Å². The Morgan fingerprint density at radius 3 is 2.39 bits per heavy atom. The Morgan fingerprint density at radius 1 is 1.28 bits per heavy atom. The Balaban J connectivity index is 1.87. The average molecular weight is 266 g/mol. The number of aliphatic hydroxyl groups excluding tert-OH is 1. The van der Waals surface area contributed by atoms with Crippen molar-refractivity contribution in [2.45, 2.75) is 50.6 Å². The molecule has 1 saturated carbocycles. The van der Waals surface area contributed by atoms with E-state index >= 15 is 0 Å². The molecule has 3 heteroatoms. The van der Waals surface area contributed by atoms with Gasteiger partial charge in [-0.2, -0.15) is 11.8 Å². The van der Waals surface area contributed by atoms with Gasteiger partial charge in [0.15, 0.2) is 0 Å². The minimum absolute atomic E-state index is 0.190. The van der Waals surface area contributed by atoms with Crippen molar-refractivity contribution >= 4 is 11.8 Å². The molecule has 0 spiro atoms. The molecule has 1 aromatic carbocycles. The number of benzene rings is 1. The zero-order valence-corrected chi connectivity index (χ0v) is 12.2. The third-order valence-corrected chi connectivity index (χ3v) is 4.11. The smallest absolute Gasteiger partial charge is 0.119 e. The molecule has 0 radical (unpaired) electrons. The van der Waals surface area contributed by atoms with Crippen molar-refractivity contribution in [3.05, 3.63) is 29.8 Å². The van der Waals surface area contributed by atoms with E-state index < -0.39 is 6.10 Å². The van der Waals surface area contributed by atoms with Crippen LogP contribution in [0.4, 0.5) is 0 Å². The van der Waals surface area contributed by atoms with Gasteiger partial charge in [0, 0.05) is 10.5 Å². The van der Waals surface area contributed by atoms with Gasteiger partial charge >= 0.3 is 0 Å². The molecule has 1 aliphatic carbocycles. The van der Waals surface area contributed by atoms with E-state index in [2.05, 4.69) is 20.8 Å². The molecule has 2 nitrogen and oxygen atoms in total. The molecule has 0 aromatic heterocycles. The Morgan fingerprint density at radius 2 is 1.89 bits per heavy atom. The second-order valence-electron chi connectivity index (χ2n) is 5.83. The van der Waals surface area contributed by atoms with Crippen LogP contribution in [0.3, 0.4) is 0 Å². The van der Waals surface area contributed by atoms with Gasteiger partial charge in [-0.3, -0.25) is 0 Å². The van der Waals surface area contributed by atoms with Gasteiger partial charge < -0.3 is 9.84 Å². The summed E-state index contributed by atoms with van der Waals surface area (Å²) >= 11 is 1.78. The van der Waals surface area contributed by atoms with Crippen molar-refractivity contribution in [2.75, 3.05) is 5.75 Å². The van der Waals surface area contributed by atoms with Crippen LogP contribution in [0.25, 0.3) is 0 Å². The summed E-state index contributed by atoms with van der Waals surface area (Å²) in [5.41, 5.74) is 0.967. The third kappa shape index (κ3) is 4.54. The molecule has 0 aliphatic heterocycles. The molecule has 1 aliphatic rings. The summed E-state index contributed by atoms with van der Waals surface area (Å²) in [4.78, 5) is 0. The Bertz CT molecular complexity index is 376. The third-order valence-electron chi connectivity index (χ3n) is 2.77. The molecule has 1 N–H and O–H groups in total. The fourth-order valence-corrected chi connectivity index (χ4v) is 2.42. The molecule has 0 bridgehead atoms. The van der Waals surface area contributed by atoms with E-state index in [4.69, 9.17) is 4.74 Å². The van der Waals surface area contributed by atoms with Crippen LogP contribution in [0.2, 0.25) is 0 Å². The first kappa shape index (κ1) is 13.8. The maximum atomic E-state index is 10.1. The summed E-state index contributed by atoms with van der Waals surface area (Å²) in [6, 6.07) is 7.84. The normalized spacial score (nSPS) is 17.6. The van der Waals surface area contributed by atoms with Gasteiger partial charge in [0.2, 0.25) is 0 Å². The highest BCUT2D eigenvalue weighted by molar-refractivity contribution is 8.00. The van der Waals surface area contributed by atoms with E-state index in [1.54, 1.807) is 11.8 Å². The molecule has 1 atom stereocenters. The molecule has 0 heterocycles. The predicted octanol–water partition coefficient (Wildman–Crippen LogP) is 3.79. The molecule has 1 aromatic rings. The number of aliphatic hydroxyl groups is 1. The van der Waals surface area contributed by atoms with Gasteiger partial charge in [-0.05, 0) is 30.5 Å². The van der Waals surface area contributed by atoms with E-state index in [-0.39, 0.29) is 4.75 Å². The molecule has 1 fully saturated rings. The summed E-state index contributed by atoms with van der Waals surface area (Å²) in [5.74, 6) is 1.64. The van der Waals surface area contributed by atoms with Crippen LogP contribution < -0.4 is 4.74 Å². The number of hydrogen-bond acceptors (Lipinski definition) is 3. The highest BCUT2D eigenvalue weighted by atomic mass is 32.2. The summed E-state index contributed by atoms with van der Waals surface area (Å²) in [6.07, 6.45) is 2.38. The number of ether oxygens (including phenoxy) is 1. The van der Waals surface area contributed by atoms with E-state index in [9.17, 15) is 5.11 Å². The molecular formula is C15H22O2S. The topological polar surface area (TPSA) is 29.5 Å². The fourth-order valence-electron chi connectivity index (χ4n) is 1.57. The average Bonchev–Trinajstić information content (AvgIpc) is 3.10. The lowest BCUT2D eigenvalue weighted by atomic mass is 10.1. The highest BCUT2D eigenvalue weighted by Gasteiger charge is 2.23. The number of rotatable bonds is 5. The van der Waals surface area contributed by atoms with Gasteiger partial charge in [0.05, 0.1) is 12.2 Å². The van der Waals surface area contributed by atoms with Crippen LogP contribution in [0.15, 0.2) is 24.3 Å². The standard InChI is InChI=1S/C15H22O2S/c1-15(2,3)18-10-14(16)11-4-6-12(7-5-11)17-13-8-9-13/h4-7,13-14,16H,8-10H2,1-3H3. The number of thioether (sulfide) groups is 1. The largest absolute Gasteiger partial charge is 0.490 e. The van der Waals surface area contributed by atoms with Crippen molar-refractivity contribution in [2.24, 2.45) is 0 Å². The zero-order chi connectivity index (χ0) is 13.2. The molecular weight excluding hydrogens is 244 g/mol. The molecule has 100 valence electrons. The first-order valence-electron chi connectivity index (χ1n) is 6.53. The monoisotopic (exact) mass is 266 g/mol. The maximum absolute atomic E-state index is 10.1. The lowest BCUT2D eigenvalue weighted by molar-refractivity contribution is 0.203. The van der Waals surface area contributed by atoms with Crippen molar-refractivity contribution in [1.29, 1.82) is 0 Å². The molecule has 1 unspecified atom stereocenters. The molecule has 0 saturated heterocycles. The molecule has 0 amide bonds. The van der Waals surface area contributed by atoms with Crippen molar-refractivity contribution in [1.82, 2.24) is 0 Å². The van der Waals surface area contributed by atoms with Crippen LogP contribution in [0.5, 0.6) is 5.75 Å². The van der Waals surface area contributed by atoms with Crippen LogP contribution in [-0.4, -0.2) is 21.7 Å². The van der Waals surface area contributed by atoms with E-state index in [0.717, 1.165) is 17.1 Å². The lowest BCUT2D eigenvalue weighted by Crippen LogP contribution is -2.12. The first-order valence-corrected chi connectivity index (χ1v) is 7.51. The molecule has 2 rings (SSSR count). The van der Waals surface area contributed by atoms with Gasteiger partial charge in [0.25, 0.3) is 0 Å². The second-order valence-corrected chi connectivity index (χ2v) is 7.67. The second kappa shape index (κ2) is 5.54. The Labute approximate surface area is 114 Å². The van der Waals surface area contributed by atoms with Gasteiger partial charge in [-0.15, -0.1) is 0 Å². The first-order chi connectivity index (χ1) is 8.44. The van der Waals surface area contributed by atoms with Crippen LogP contribution >= 0.6 is 11.8 Å². The van der Waals surface area contributed by atoms with Crippen LogP contribution in [-0.2, 0) is 0 Å². The van der Waals surface area contributed by atoms with Crippen LogP contribution in [0.1, 0.15) is 45.3 Å². The predicted molar refractivity (Wildman–Crippen MR) is 77.3 cm³/mol. The number of hydrogen-bond donors (Lipinski definition) is 1. The van der Waals surface area contributed by atoms with Gasteiger partial charge in [-0.25, -0.2) is 0 Å². The fraction of sp³-hybridized carbons (Fsp3) is 0.600. The quantitative estimate of drug-likeness (QED) is 0.879. The summed E-state index contributed by atoms with van der Waals surface area (Å²) in [6.45, 7) is 6.49. The minimum atomic E-state index is -0.399. The van der Waals surface area contributed by atoms with Gasteiger partial charge in [-0.1, -0.05) is 32.9 Å². The summed E-state index contributed by atoms with van der Waals surface area (Å²) in [5, 5.41) is 10.1. The Hall–Kier alpha value is -0.670. The highest BCUT2D eigenvalue weighted by Crippen LogP contribution is 2.30. The SMILES string of the molecule is CC(C)(C)SCC(O)c1ccc(OC2CC2)cc1. The van der Waals surface area contributed by atoms with E-state index in [1.165, 1.54) is 12.8 Å². The van der Waals surface area contributed by atoms with Crippen LogP contribution in [0, 0.1) is 0 Å². The van der Waals surface area contributed by atoms with Gasteiger partial charge in [0.1, 0.15) is 5.75 Å². The van der Waals surface area contributed by atoms with E-state index in [0.29, 0.717) is 6.10 Å². The molecule has 18 heavy (non-hydrogen) atoms. The minimum Gasteiger partial charge on any atom is -0.490 e. The summed E-state index contributed by atoms with van der Waals surface area (Å²) < 4.78 is 5.88. The maximum Gasteiger partial charge on any atom is 0.119 e. The van der Waals surface area contributed by atoms with Crippen molar-refractivity contribution in [3.63, 3.8) is 0 Å².